The van der Waals surface area contributed by atoms with E-state index < -0.39 is 0 Å². The number of hydrogen-bond donors (Lipinski definition) is 1. The number of hydrogen-bond acceptors (Lipinski definition) is 2. The Balaban J connectivity index is 1.89. The second-order valence-corrected chi connectivity index (χ2v) is 2.56. The second kappa shape index (κ2) is 1.71. The third kappa shape index (κ3) is 0.740. The Kier molecular flexibility index (Phi) is 1.02. The average molecular weight is 113 g/mol. The summed E-state index contributed by atoms with van der Waals surface area (Å²) in [5.74, 6) is 0. The fraction of sp³-hybridized carbons (Fsp3) is 1.00. The third-order valence-electron chi connectivity index (χ3n) is 1.88. The van der Waals surface area contributed by atoms with E-state index in [1.165, 1.54) is 19.4 Å². The summed E-state index contributed by atoms with van der Waals surface area (Å²) in [6.07, 6.45) is 3.78. The minimum absolute atomic E-state index is 0.581. The van der Waals surface area contributed by atoms with E-state index in [-0.39, 0.29) is 0 Å². The van der Waals surface area contributed by atoms with Gasteiger partial charge in [-0.05, 0) is 19.4 Å². The monoisotopic (exact) mass is 113 g/mol. The lowest BCUT2D eigenvalue weighted by molar-refractivity contribution is 0.341. The number of nitrogens with one attached hydrogen (secondary N) is 1. The van der Waals surface area contributed by atoms with Crippen LogP contribution in [0.5, 0.6) is 0 Å². The Hall–Kier alpha value is -0.0800. The Morgan fingerprint density at radius 2 is 2.38 bits per heavy atom. The van der Waals surface area contributed by atoms with Crippen LogP contribution in [0.1, 0.15) is 12.8 Å². The van der Waals surface area contributed by atoms with Crippen molar-refractivity contribution in [2.45, 2.75) is 25.0 Å². The van der Waals surface area contributed by atoms with Crippen molar-refractivity contribution in [3.05, 3.63) is 0 Å². The van der Waals surface area contributed by atoms with Gasteiger partial charge in [0.2, 0.25) is 0 Å². The van der Waals surface area contributed by atoms with Crippen LogP contribution in [0.15, 0.2) is 0 Å². The summed E-state index contributed by atoms with van der Waals surface area (Å²) in [5.41, 5.74) is 0. The molecule has 2 saturated heterocycles. The predicted molar refractivity (Wildman–Crippen MR) is 30.8 cm³/mol. The molecule has 8 heavy (non-hydrogen) atoms. The first-order valence-corrected chi connectivity index (χ1v) is 3.33. The van der Waals surface area contributed by atoms with Crippen molar-refractivity contribution in [1.82, 2.24) is 5.32 Å². The summed E-state index contributed by atoms with van der Waals surface area (Å²) < 4.78 is 5.30. The molecule has 0 aromatic heterocycles. The molecule has 0 radical (unpaired) electrons. The molecule has 1 unspecified atom stereocenters. The van der Waals surface area contributed by atoms with Gasteiger partial charge in [-0.25, -0.2) is 0 Å². The van der Waals surface area contributed by atoms with Crippen LogP contribution in [0.3, 0.4) is 0 Å². The smallest absolute Gasteiger partial charge is 0.0965 e. The molecule has 1 N–H and O–H groups in total. The number of ether oxygens (including phenoxy) is 1. The van der Waals surface area contributed by atoms with Crippen molar-refractivity contribution < 1.29 is 4.74 Å². The first-order chi connectivity index (χ1) is 3.97. The lowest BCUT2D eigenvalue weighted by Gasteiger charge is -1.95. The average Bonchev–Trinajstić information content (AvgIpc) is 2.36. The summed E-state index contributed by atoms with van der Waals surface area (Å²) in [4.78, 5) is 0. The van der Waals surface area contributed by atoms with E-state index in [1.54, 1.807) is 0 Å². The minimum atomic E-state index is 0.581. The second-order valence-electron chi connectivity index (χ2n) is 2.56. The van der Waals surface area contributed by atoms with E-state index >= 15 is 0 Å². The van der Waals surface area contributed by atoms with Crippen molar-refractivity contribution in [3.8, 4) is 0 Å². The molecule has 2 heterocycles. The molecule has 2 aliphatic heterocycles. The highest BCUT2D eigenvalue weighted by molar-refractivity contribution is 4.88. The van der Waals surface area contributed by atoms with Crippen LogP contribution in [0.25, 0.3) is 0 Å². The first kappa shape index (κ1) is 4.77. The highest BCUT2D eigenvalue weighted by Crippen LogP contribution is 2.27. The molecule has 46 valence electrons. The van der Waals surface area contributed by atoms with Crippen molar-refractivity contribution in [1.29, 1.82) is 0 Å². The molecule has 2 heteroatoms. The Labute approximate surface area is 49.2 Å². The highest BCUT2D eigenvalue weighted by Gasteiger charge is 2.38. The van der Waals surface area contributed by atoms with Crippen molar-refractivity contribution in [3.63, 3.8) is 0 Å². The van der Waals surface area contributed by atoms with E-state index in [9.17, 15) is 0 Å². The van der Waals surface area contributed by atoms with Gasteiger partial charge in [0.05, 0.1) is 12.2 Å². The van der Waals surface area contributed by atoms with Gasteiger partial charge in [0.15, 0.2) is 0 Å². The summed E-state index contributed by atoms with van der Waals surface area (Å²) in [5, 5.41) is 3.31. The number of fused-ring (bicyclic) bond motifs is 1. The maximum absolute atomic E-state index is 5.30. The van der Waals surface area contributed by atoms with E-state index in [1.807, 2.05) is 0 Å². The van der Waals surface area contributed by atoms with Gasteiger partial charge in [0.25, 0.3) is 0 Å². The largest absolute Gasteiger partial charge is 0.368 e. The Bertz CT molecular complexity index is 84.5. The van der Waals surface area contributed by atoms with Crippen LogP contribution in [-0.4, -0.2) is 25.3 Å². The quantitative estimate of drug-likeness (QED) is 0.452. The molecule has 0 amide bonds. The molecular weight excluding hydrogens is 102 g/mol. The number of rotatable bonds is 0. The van der Waals surface area contributed by atoms with Crippen LogP contribution >= 0.6 is 0 Å². The van der Waals surface area contributed by atoms with E-state index in [0.29, 0.717) is 12.2 Å². The molecule has 0 bridgehead atoms. The molecule has 2 fully saturated rings. The molecular formula is C6H11NO. The molecule has 0 spiro atoms. The fourth-order valence-corrected chi connectivity index (χ4v) is 1.29. The molecule has 2 rings (SSSR count). The lowest BCUT2D eigenvalue weighted by Crippen LogP contribution is -2.18. The fourth-order valence-electron chi connectivity index (χ4n) is 1.29. The summed E-state index contributed by atoms with van der Waals surface area (Å²) >= 11 is 0. The molecule has 0 aliphatic carbocycles. The normalized spacial score (nSPS) is 45.0. The van der Waals surface area contributed by atoms with Crippen LogP contribution in [-0.2, 0) is 4.74 Å². The lowest BCUT2D eigenvalue weighted by atomic mass is 10.2. The maximum atomic E-state index is 5.30. The maximum Gasteiger partial charge on any atom is 0.0965 e. The van der Waals surface area contributed by atoms with E-state index in [4.69, 9.17) is 4.74 Å². The van der Waals surface area contributed by atoms with Crippen LogP contribution in [0.2, 0.25) is 0 Å². The van der Waals surface area contributed by atoms with Crippen LogP contribution < -0.4 is 5.32 Å². The van der Waals surface area contributed by atoms with E-state index in [0.717, 1.165) is 6.54 Å². The molecule has 0 aromatic rings. The summed E-state index contributed by atoms with van der Waals surface area (Å²) in [6.45, 7) is 2.28. The zero-order valence-electron chi connectivity index (χ0n) is 4.89. The first-order valence-electron chi connectivity index (χ1n) is 3.33. The topological polar surface area (TPSA) is 24.6 Å². The third-order valence-corrected chi connectivity index (χ3v) is 1.88. The Morgan fingerprint density at radius 3 is 3.38 bits per heavy atom. The summed E-state index contributed by atoms with van der Waals surface area (Å²) in [7, 11) is 0. The van der Waals surface area contributed by atoms with Gasteiger partial charge in [-0.1, -0.05) is 0 Å². The minimum Gasteiger partial charge on any atom is -0.368 e. The van der Waals surface area contributed by atoms with Gasteiger partial charge in [-0.15, -0.1) is 0 Å². The number of epoxide rings is 1. The van der Waals surface area contributed by atoms with Gasteiger partial charge in [-0.2, -0.15) is 0 Å². The van der Waals surface area contributed by atoms with Crippen LogP contribution in [0.4, 0.5) is 0 Å². The summed E-state index contributed by atoms with van der Waals surface area (Å²) in [6, 6.07) is 0. The van der Waals surface area contributed by atoms with Gasteiger partial charge in [0.1, 0.15) is 0 Å². The molecule has 0 aromatic carbocycles. The van der Waals surface area contributed by atoms with Crippen molar-refractivity contribution in [2.75, 3.05) is 13.1 Å². The van der Waals surface area contributed by atoms with Crippen LogP contribution in [0, 0.1) is 0 Å². The zero-order chi connectivity index (χ0) is 5.40. The van der Waals surface area contributed by atoms with Gasteiger partial charge >= 0.3 is 0 Å². The zero-order valence-corrected chi connectivity index (χ0v) is 4.89. The SMILES string of the molecule is C1CNCC2O[C@@H]2C1. The van der Waals surface area contributed by atoms with Gasteiger partial charge < -0.3 is 10.1 Å². The molecule has 0 saturated carbocycles. The Morgan fingerprint density at radius 1 is 1.38 bits per heavy atom. The molecule has 2 atom stereocenters. The van der Waals surface area contributed by atoms with Crippen molar-refractivity contribution in [2.24, 2.45) is 0 Å². The predicted octanol–water partition coefficient (Wildman–Crippen LogP) is 0.137. The van der Waals surface area contributed by atoms with Gasteiger partial charge in [0, 0.05) is 6.54 Å². The van der Waals surface area contributed by atoms with Crippen molar-refractivity contribution >= 4 is 0 Å². The highest BCUT2D eigenvalue weighted by atomic mass is 16.6. The van der Waals surface area contributed by atoms with Gasteiger partial charge in [-0.3, -0.25) is 0 Å². The molecule has 2 aliphatic rings. The standard InChI is InChI=1S/C6H11NO/c1-2-5-6(8-5)4-7-3-1/h5-7H,1-4H2/t5-,6?/m1/s1. The molecule has 2 nitrogen and oxygen atoms in total. The van der Waals surface area contributed by atoms with E-state index in [2.05, 4.69) is 5.32 Å².